The lowest BCUT2D eigenvalue weighted by Gasteiger charge is -1.94. The molecule has 62 valence electrons. The first kappa shape index (κ1) is 8.68. The van der Waals surface area contributed by atoms with Crippen LogP contribution in [0.5, 0.6) is 0 Å². The Morgan fingerprint density at radius 3 is 2.91 bits per heavy atom. The van der Waals surface area contributed by atoms with Crippen LogP contribution in [0.1, 0.15) is 24.5 Å². The van der Waals surface area contributed by atoms with E-state index in [0.29, 0.717) is 6.61 Å². The lowest BCUT2D eigenvalue weighted by Crippen LogP contribution is -1.91. The standard InChI is InChI=1S/C8H13NOS/c1-3-7-6-11-8(9-7)5-10-4-2/h6H,3-5H2,1-2H3. The first-order valence-electron chi connectivity index (χ1n) is 3.87. The highest BCUT2D eigenvalue weighted by atomic mass is 32.1. The molecule has 0 N–H and O–H groups in total. The zero-order valence-corrected chi connectivity index (χ0v) is 7.78. The summed E-state index contributed by atoms with van der Waals surface area (Å²) in [5, 5.41) is 3.18. The molecule has 0 aromatic carbocycles. The minimum absolute atomic E-state index is 0.668. The van der Waals surface area contributed by atoms with Crippen LogP contribution in [0, 0.1) is 0 Å². The Bertz CT molecular complexity index is 210. The molecule has 0 aliphatic heterocycles. The fraction of sp³-hybridized carbons (Fsp3) is 0.625. The number of hydrogen-bond donors (Lipinski definition) is 0. The van der Waals surface area contributed by atoms with Gasteiger partial charge in [-0.05, 0) is 13.3 Å². The van der Waals surface area contributed by atoms with Gasteiger partial charge in [-0.15, -0.1) is 11.3 Å². The Balaban J connectivity index is 2.44. The second-order valence-electron chi connectivity index (χ2n) is 2.22. The van der Waals surface area contributed by atoms with Crippen molar-refractivity contribution in [2.45, 2.75) is 26.9 Å². The van der Waals surface area contributed by atoms with Crippen molar-refractivity contribution >= 4 is 11.3 Å². The highest BCUT2D eigenvalue weighted by Gasteiger charge is 1.98. The van der Waals surface area contributed by atoms with Crippen LogP contribution in [0.2, 0.25) is 0 Å². The third-order valence-electron chi connectivity index (χ3n) is 1.39. The predicted octanol–water partition coefficient (Wildman–Crippen LogP) is 2.24. The maximum Gasteiger partial charge on any atom is 0.119 e. The van der Waals surface area contributed by atoms with E-state index in [1.165, 1.54) is 5.69 Å². The van der Waals surface area contributed by atoms with E-state index in [1.54, 1.807) is 11.3 Å². The number of thiazole rings is 1. The van der Waals surface area contributed by atoms with Crippen LogP contribution in [0.25, 0.3) is 0 Å². The van der Waals surface area contributed by atoms with Crippen molar-refractivity contribution in [3.05, 3.63) is 16.1 Å². The van der Waals surface area contributed by atoms with Crippen LogP contribution >= 0.6 is 11.3 Å². The van der Waals surface area contributed by atoms with Crippen molar-refractivity contribution in [2.75, 3.05) is 6.61 Å². The summed E-state index contributed by atoms with van der Waals surface area (Å²) in [4.78, 5) is 4.36. The molecule has 0 fully saturated rings. The van der Waals surface area contributed by atoms with Gasteiger partial charge in [0.05, 0.1) is 12.3 Å². The van der Waals surface area contributed by atoms with E-state index >= 15 is 0 Å². The first-order chi connectivity index (χ1) is 5.36. The van der Waals surface area contributed by atoms with Gasteiger partial charge in [-0.2, -0.15) is 0 Å². The van der Waals surface area contributed by atoms with Gasteiger partial charge in [0.25, 0.3) is 0 Å². The number of nitrogens with zero attached hydrogens (tertiary/aromatic N) is 1. The maximum atomic E-state index is 5.23. The van der Waals surface area contributed by atoms with E-state index in [0.717, 1.165) is 18.0 Å². The van der Waals surface area contributed by atoms with Gasteiger partial charge in [-0.3, -0.25) is 0 Å². The van der Waals surface area contributed by atoms with Gasteiger partial charge < -0.3 is 4.74 Å². The van der Waals surface area contributed by atoms with Crippen LogP contribution in [-0.2, 0) is 17.8 Å². The molecule has 3 heteroatoms. The molecular formula is C8H13NOS. The summed E-state index contributed by atoms with van der Waals surface area (Å²) in [6.45, 7) is 5.54. The van der Waals surface area contributed by atoms with Crippen molar-refractivity contribution in [3.8, 4) is 0 Å². The van der Waals surface area contributed by atoms with Crippen molar-refractivity contribution in [3.63, 3.8) is 0 Å². The summed E-state index contributed by atoms with van der Waals surface area (Å²) >= 11 is 1.68. The Kier molecular flexibility index (Phi) is 3.52. The number of ether oxygens (including phenoxy) is 1. The summed E-state index contributed by atoms with van der Waals surface area (Å²) in [7, 11) is 0. The number of aryl methyl sites for hydroxylation is 1. The molecular weight excluding hydrogens is 158 g/mol. The molecule has 1 rings (SSSR count). The van der Waals surface area contributed by atoms with Crippen LogP contribution in [0.15, 0.2) is 5.38 Å². The zero-order valence-electron chi connectivity index (χ0n) is 6.96. The molecule has 0 aliphatic rings. The van der Waals surface area contributed by atoms with Gasteiger partial charge >= 0.3 is 0 Å². The molecule has 1 aromatic rings. The topological polar surface area (TPSA) is 22.1 Å². The van der Waals surface area contributed by atoms with E-state index in [4.69, 9.17) is 4.74 Å². The fourth-order valence-electron chi connectivity index (χ4n) is 0.767. The number of rotatable bonds is 4. The SMILES string of the molecule is CCOCc1nc(CC)cs1. The summed E-state index contributed by atoms with van der Waals surface area (Å²) in [6, 6.07) is 0. The fourth-order valence-corrected chi connectivity index (χ4v) is 1.58. The minimum Gasteiger partial charge on any atom is -0.375 e. The smallest absolute Gasteiger partial charge is 0.119 e. The molecule has 0 amide bonds. The van der Waals surface area contributed by atoms with E-state index in [1.807, 2.05) is 6.92 Å². The third kappa shape index (κ3) is 2.60. The number of hydrogen-bond acceptors (Lipinski definition) is 3. The van der Waals surface area contributed by atoms with E-state index < -0.39 is 0 Å². The van der Waals surface area contributed by atoms with Crippen molar-refractivity contribution in [1.29, 1.82) is 0 Å². The molecule has 0 bridgehead atoms. The van der Waals surface area contributed by atoms with Gasteiger partial charge in [-0.25, -0.2) is 4.98 Å². The van der Waals surface area contributed by atoms with Gasteiger partial charge in [0.2, 0.25) is 0 Å². The van der Waals surface area contributed by atoms with Crippen LogP contribution in [0.4, 0.5) is 0 Å². The van der Waals surface area contributed by atoms with Crippen LogP contribution in [0.3, 0.4) is 0 Å². The molecule has 0 radical (unpaired) electrons. The summed E-state index contributed by atoms with van der Waals surface area (Å²) < 4.78 is 5.23. The Morgan fingerprint density at radius 2 is 2.36 bits per heavy atom. The van der Waals surface area contributed by atoms with Gasteiger partial charge in [0, 0.05) is 12.0 Å². The highest BCUT2D eigenvalue weighted by molar-refractivity contribution is 7.09. The average molecular weight is 171 g/mol. The molecule has 0 saturated carbocycles. The zero-order chi connectivity index (χ0) is 8.10. The van der Waals surface area contributed by atoms with Crippen molar-refractivity contribution in [1.82, 2.24) is 4.98 Å². The largest absolute Gasteiger partial charge is 0.375 e. The van der Waals surface area contributed by atoms with Crippen molar-refractivity contribution in [2.24, 2.45) is 0 Å². The summed E-state index contributed by atoms with van der Waals surface area (Å²) in [5.74, 6) is 0. The molecule has 0 saturated heterocycles. The summed E-state index contributed by atoms with van der Waals surface area (Å²) in [6.07, 6.45) is 1.02. The highest BCUT2D eigenvalue weighted by Crippen LogP contribution is 2.10. The molecule has 11 heavy (non-hydrogen) atoms. The lowest BCUT2D eigenvalue weighted by atomic mass is 10.4. The van der Waals surface area contributed by atoms with Crippen molar-refractivity contribution < 1.29 is 4.74 Å². The quantitative estimate of drug-likeness (QED) is 0.693. The molecule has 0 aliphatic carbocycles. The Morgan fingerprint density at radius 1 is 1.55 bits per heavy atom. The molecule has 1 heterocycles. The lowest BCUT2D eigenvalue weighted by molar-refractivity contribution is 0.134. The minimum atomic E-state index is 0.668. The second-order valence-corrected chi connectivity index (χ2v) is 3.17. The molecule has 0 spiro atoms. The van der Waals surface area contributed by atoms with Crippen LogP contribution in [-0.4, -0.2) is 11.6 Å². The third-order valence-corrected chi connectivity index (χ3v) is 2.26. The van der Waals surface area contributed by atoms with E-state index in [-0.39, 0.29) is 0 Å². The van der Waals surface area contributed by atoms with Gasteiger partial charge in [-0.1, -0.05) is 6.92 Å². The Labute approximate surface area is 71.2 Å². The Hall–Kier alpha value is -0.410. The van der Waals surface area contributed by atoms with Gasteiger partial charge in [0.15, 0.2) is 0 Å². The number of aromatic nitrogens is 1. The normalized spacial score (nSPS) is 10.4. The first-order valence-corrected chi connectivity index (χ1v) is 4.75. The monoisotopic (exact) mass is 171 g/mol. The molecule has 0 atom stereocenters. The summed E-state index contributed by atoms with van der Waals surface area (Å²) in [5.41, 5.74) is 1.17. The maximum absolute atomic E-state index is 5.23. The van der Waals surface area contributed by atoms with E-state index in [9.17, 15) is 0 Å². The van der Waals surface area contributed by atoms with Gasteiger partial charge in [0.1, 0.15) is 5.01 Å². The average Bonchev–Trinajstić information content (AvgIpc) is 2.48. The molecule has 2 nitrogen and oxygen atoms in total. The molecule has 0 unspecified atom stereocenters. The van der Waals surface area contributed by atoms with E-state index in [2.05, 4.69) is 17.3 Å². The predicted molar refractivity (Wildman–Crippen MR) is 46.8 cm³/mol. The van der Waals surface area contributed by atoms with Crippen LogP contribution < -0.4 is 0 Å². The second kappa shape index (κ2) is 4.46. The molecule has 1 aromatic heterocycles.